The summed E-state index contributed by atoms with van der Waals surface area (Å²) >= 11 is 0. The number of carboxylic acid groups (broad SMARTS) is 1. The van der Waals surface area contributed by atoms with Gasteiger partial charge in [0.25, 0.3) is 0 Å². The van der Waals surface area contributed by atoms with Crippen LogP contribution in [0.25, 0.3) is 0 Å². The molecule has 0 aromatic carbocycles. The van der Waals surface area contributed by atoms with Crippen molar-refractivity contribution in [2.45, 2.75) is 12.8 Å². The molecule has 92 valence electrons. The summed E-state index contributed by atoms with van der Waals surface area (Å²) in [5.41, 5.74) is 5.55. The zero-order valence-electron chi connectivity index (χ0n) is 9.59. The van der Waals surface area contributed by atoms with E-state index in [1.54, 1.807) is 18.0 Å². The van der Waals surface area contributed by atoms with Gasteiger partial charge in [-0.05, 0) is 18.6 Å². The lowest BCUT2D eigenvalue weighted by Crippen LogP contribution is -2.21. The molecule has 1 heterocycles. The number of anilines is 1. The Bertz CT molecular complexity index is 420. The Morgan fingerprint density at radius 3 is 2.82 bits per heavy atom. The van der Waals surface area contributed by atoms with Crippen molar-refractivity contribution < 1.29 is 14.7 Å². The highest BCUT2D eigenvalue weighted by molar-refractivity contribution is 5.93. The van der Waals surface area contributed by atoms with Crippen molar-refractivity contribution in [3.8, 4) is 0 Å². The summed E-state index contributed by atoms with van der Waals surface area (Å²) in [5, 5.41) is 8.52. The van der Waals surface area contributed by atoms with Gasteiger partial charge in [0, 0.05) is 31.8 Å². The number of nitrogens with two attached hydrogens (primary N) is 1. The first-order chi connectivity index (χ1) is 8.00. The Kier molecular flexibility index (Phi) is 4.45. The van der Waals surface area contributed by atoms with Crippen LogP contribution in [0.3, 0.4) is 0 Å². The van der Waals surface area contributed by atoms with Crippen LogP contribution in [-0.4, -0.2) is 35.6 Å². The second-order valence-corrected chi connectivity index (χ2v) is 3.69. The molecule has 17 heavy (non-hydrogen) atoms. The molecule has 1 amide bonds. The van der Waals surface area contributed by atoms with Gasteiger partial charge in [0.05, 0.1) is 0 Å². The third kappa shape index (κ3) is 4.10. The van der Waals surface area contributed by atoms with E-state index in [1.165, 1.54) is 12.3 Å². The van der Waals surface area contributed by atoms with E-state index in [0.717, 1.165) is 0 Å². The van der Waals surface area contributed by atoms with Crippen molar-refractivity contribution >= 4 is 17.7 Å². The number of carbonyl (C=O) groups excluding carboxylic acids is 1. The molecule has 6 heteroatoms. The summed E-state index contributed by atoms with van der Waals surface area (Å²) in [7, 11) is 1.79. The van der Waals surface area contributed by atoms with E-state index in [4.69, 9.17) is 10.8 Å². The maximum absolute atomic E-state index is 11.0. The third-order valence-electron chi connectivity index (χ3n) is 2.31. The Morgan fingerprint density at radius 1 is 1.53 bits per heavy atom. The summed E-state index contributed by atoms with van der Waals surface area (Å²) in [6.45, 7) is 0.557. The molecule has 0 radical (unpaired) electrons. The van der Waals surface area contributed by atoms with Gasteiger partial charge in [-0.2, -0.15) is 0 Å². The second kappa shape index (κ2) is 5.83. The molecule has 0 unspecified atom stereocenters. The number of nitrogens with zero attached hydrogens (tertiary/aromatic N) is 2. The average Bonchev–Trinajstić information content (AvgIpc) is 2.28. The first-order valence-electron chi connectivity index (χ1n) is 5.19. The quantitative estimate of drug-likeness (QED) is 0.750. The molecular formula is C11H15N3O3. The highest BCUT2D eigenvalue weighted by atomic mass is 16.4. The van der Waals surface area contributed by atoms with Gasteiger partial charge >= 0.3 is 5.97 Å². The van der Waals surface area contributed by atoms with Gasteiger partial charge < -0.3 is 15.7 Å². The molecule has 1 aromatic rings. The minimum absolute atomic E-state index is 0.111. The molecule has 0 aliphatic heterocycles. The maximum Gasteiger partial charge on any atom is 0.303 e. The lowest BCUT2D eigenvalue weighted by atomic mass is 10.2. The topological polar surface area (TPSA) is 96.5 Å². The monoisotopic (exact) mass is 237 g/mol. The predicted octanol–water partition coefficient (Wildman–Crippen LogP) is 0.481. The molecule has 0 saturated carbocycles. The molecule has 6 nitrogen and oxygen atoms in total. The minimum Gasteiger partial charge on any atom is -0.481 e. The second-order valence-electron chi connectivity index (χ2n) is 3.69. The largest absolute Gasteiger partial charge is 0.481 e. The fraction of sp³-hybridized carbons (Fsp3) is 0.364. The predicted molar refractivity (Wildman–Crippen MR) is 62.9 cm³/mol. The number of aliphatic carboxylic acids is 1. The lowest BCUT2D eigenvalue weighted by Gasteiger charge is -2.17. The van der Waals surface area contributed by atoms with Crippen LogP contribution in [0.5, 0.6) is 0 Å². The van der Waals surface area contributed by atoms with Gasteiger partial charge in [-0.3, -0.25) is 9.59 Å². The van der Waals surface area contributed by atoms with Gasteiger partial charge in [0.15, 0.2) is 0 Å². The number of amides is 1. The van der Waals surface area contributed by atoms with Gasteiger partial charge in [0.2, 0.25) is 5.91 Å². The summed E-state index contributed by atoms with van der Waals surface area (Å²) in [6.07, 6.45) is 2.14. The highest BCUT2D eigenvalue weighted by Gasteiger charge is 2.07. The molecule has 0 aliphatic rings. The standard InChI is InChI=1S/C11H15N3O3/c1-14(6-2-3-10(15)16)9-7-8(11(12)17)4-5-13-9/h4-5,7H,2-3,6H2,1H3,(H2,12,17)(H,15,16). The number of rotatable bonds is 6. The summed E-state index contributed by atoms with van der Waals surface area (Å²) in [5.74, 6) is -0.725. The van der Waals surface area contributed by atoms with E-state index in [1.807, 2.05) is 0 Å². The summed E-state index contributed by atoms with van der Waals surface area (Å²) in [6, 6.07) is 3.13. The number of carbonyl (C=O) groups is 2. The molecule has 1 rings (SSSR count). The van der Waals surface area contributed by atoms with Crippen LogP contribution in [0.4, 0.5) is 5.82 Å². The van der Waals surface area contributed by atoms with Crippen molar-refractivity contribution in [2.24, 2.45) is 5.73 Å². The molecule has 0 saturated heterocycles. The van der Waals surface area contributed by atoms with Gasteiger partial charge in [0.1, 0.15) is 5.82 Å². The van der Waals surface area contributed by atoms with Crippen molar-refractivity contribution in [1.82, 2.24) is 4.98 Å². The van der Waals surface area contributed by atoms with E-state index in [0.29, 0.717) is 24.3 Å². The van der Waals surface area contributed by atoms with Gasteiger partial charge in [-0.25, -0.2) is 4.98 Å². The first kappa shape index (κ1) is 13.0. The van der Waals surface area contributed by atoms with Crippen LogP contribution >= 0.6 is 0 Å². The summed E-state index contributed by atoms with van der Waals surface area (Å²) in [4.78, 5) is 27.2. The molecule has 3 N–H and O–H groups in total. The number of aromatic nitrogens is 1. The minimum atomic E-state index is -0.822. The molecule has 0 aliphatic carbocycles. The van der Waals surface area contributed by atoms with Crippen LogP contribution in [0.2, 0.25) is 0 Å². The number of pyridine rings is 1. The fourth-order valence-corrected chi connectivity index (χ4v) is 1.36. The molecular weight excluding hydrogens is 222 g/mol. The number of hydrogen-bond donors (Lipinski definition) is 2. The van der Waals surface area contributed by atoms with E-state index in [9.17, 15) is 9.59 Å². The van der Waals surface area contributed by atoms with Crippen molar-refractivity contribution in [1.29, 1.82) is 0 Å². The molecule has 0 spiro atoms. The molecule has 0 fully saturated rings. The van der Waals surface area contributed by atoms with Gasteiger partial charge in [-0.1, -0.05) is 0 Å². The van der Waals surface area contributed by atoms with E-state index < -0.39 is 11.9 Å². The zero-order chi connectivity index (χ0) is 12.8. The van der Waals surface area contributed by atoms with Crippen LogP contribution in [0.1, 0.15) is 23.2 Å². The smallest absolute Gasteiger partial charge is 0.303 e. The van der Waals surface area contributed by atoms with Crippen LogP contribution in [0.15, 0.2) is 18.3 Å². The number of primary amides is 1. The Morgan fingerprint density at radius 2 is 2.24 bits per heavy atom. The van der Waals surface area contributed by atoms with Crippen molar-refractivity contribution in [2.75, 3.05) is 18.5 Å². The molecule has 0 bridgehead atoms. The van der Waals surface area contributed by atoms with E-state index in [-0.39, 0.29) is 6.42 Å². The fourth-order valence-electron chi connectivity index (χ4n) is 1.36. The first-order valence-corrected chi connectivity index (χ1v) is 5.19. The van der Waals surface area contributed by atoms with Crippen LogP contribution < -0.4 is 10.6 Å². The zero-order valence-corrected chi connectivity index (χ0v) is 9.59. The normalized spacial score (nSPS) is 9.94. The molecule has 0 atom stereocenters. The average molecular weight is 237 g/mol. The van der Waals surface area contributed by atoms with E-state index >= 15 is 0 Å². The van der Waals surface area contributed by atoms with E-state index in [2.05, 4.69) is 4.98 Å². The third-order valence-corrected chi connectivity index (χ3v) is 2.31. The lowest BCUT2D eigenvalue weighted by molar-refractivity contribution is -0.137. The number of hydrogen-bond acceptors (Lipinski definition) is 4. The molecule has 1 aromatic heterocycles. The van der Waals surface area contributed by atoms with Crippen molar-refractivity contribution in [3.63, 3.8) is 0 Å². The van der Waals surface area contributed by atoms with Crippen molar-refractivity contribution in [3.05, 3.63) is 23.9 Å². The highest BCUT2D eigenvalue weighted by Crippen LogP contribution is 2.11. The van der Waals surface area contributed by atoms with Crippen LogP contribution in [-0.2, 0) is 4.79 Å². The Labute approximate surface area is 99.1 Å². The SMILES string of the molecule is CN(CCCC(=O)O)c1cc(C(N)=O)ccn1. The number of carboxylic acids is 1. The van der Waals surface area contributed by atoms with Gasteiger partial charge in [-0.15, -0.1) is 0 Å². The Hall–Kier alpha value is -2.11. The maximum atomic E-state index is 11.0. The van der Waals surface area contributed by atoms with Crippen LogP contribution in [0, 0.1) is 0 Å². The Balaban J connectivity index is 2.62. The summed E-state index contributed by atoms with van der Waals surface area (Å²) < 4.78 is 0.